The zero-order valence-corrected chi connectivity index (χ0v) is 9.74. The topological polar surface area (TPSA) is 59.1 Å². The predicted octanol–water partition coefficient (Wildman–Crippen LogP) is 3.25. The second kappa shape index (κ2) is 3.75. The molecule has 0 saturated carbocycles. The van der Waals surface area contributed by atoms with Gasteiger partial charge in [-0.3, -0.25) is 4.98 Å². The van der Waals surface area contributed by atoms with Gasteiger partial charge in [-0.2, -0.15) is 0 Å². The van der Waals surface area contributed by atoms with Gasteiger partial charge in [0, 0.05) is 10.1 Å². The van der Waals surface area contributed by atoms with E-state index in [0.717, 1.165) is 20.7 Å². The third-order valence-electron chi connectivity index (χ3n) is 2.58. The molecule has 0 atom stereocenters. The molecule has 2 heterocycles. The maximum absolute atomic E-state index is 9.74. The minimum atomic E-state index is 0.306. The number of nitrogens with zero attached hydrogens (tertiary/aromatic N) is 1. The third-order valence-corrected chi connectivity index (χ3v) is 3.70. The largest absolute Gasteiger partial charge is 0.507 e. The number of nitrogen functional groups attached to an aromatic ring is 1. The van der Waals surface area contributed by atoms with Crippen molar-refractivity contribution in [1.29, 1.82) is 0 Å². The summed E-state index contributed by atoms with van der Waals surface area (Å²) < 4.78 is 1.05. The van der Waals surface area contributed by atoms with Crippen molar-refractivity contribution in [3.8, 4) is 16.3 Å². The zero-order valence-electron chi connectivity index (χ0n) is 8.92. The average Bonchev–Trinajstić information content (AvgIpc) is 2.75. The van der Waals surface area contributed by atoms with Crippen molar-refractivity contribution in [2.24, 2.45) is 0 Å². The van der Waals surface area contributed by atoms with Crippen molar-refractivity contribution in [3.05, 3.63) is 42.6 Å². The summed E-state index contributed by atoms with van der Waals surface area (Å²) in [5.74, 6) is 0.306. The standard InChI is InChI=1S/C13H10N2OS/c14-8-4-5-10(15-7-8)13-6-9-11(16)2-1-3-12(9)17-13/h1-7,16H,14H2. The smallest absolute Gasteiger partial charge is 0.124 e. The number of anilines is 1. The average molecular weight is 242 g/mol. The maximum atomic E-state index is 9.74. The van der Waals surface area contributed by atoms with Gasteiger partial charge in [-0.25, -0.2) is 0 Å². The van der Waals surface area contributed by atoms with E-state index in [9.17, 15) is 5.11 Å². The monoisotopic (exact) mass is 242 g/mol. The van der Waals surface area contributed by atoms with Crippen LogP contribution in [0.15, 0.2) is 42.6 Å². The molecule has 0 aliphatic carbocycles. The Morgan fingerprint density at radius 3 is 2.76 bits per heavy atom. The van der Waals surface area contributed by atoms with Crippen LogP contribution >= 0.6 is 11.3 Å². The van der Waals surface area contributed by atoms with Crippen LogP contribution in [0, 0.1) is 0 Å². The van der Waals surface area contributed by atoms with Crippen molar-refractivity contribution < 1.29 is 5.11 Å². The molecular weight excluding hydrogens is 232 g/mol. The van der Waals surface area contributed by atoms with Crippen LogP contribution in [0.5, 0.6) is 5.75 Å². The number of benzene rings is 1. The SMILES string of the molecule is Nc1ccc(-c2cc3c(O)cccc3s2)nc1. The summed E-state index contributed by atoms with van der Waals surface area (Å²) >= 11 is 1.61. The molecule has 4 heteroatoms. The molecule has 0 fully saturated rings. The van der Waals surface area contributed by atoms with Crippen LogP contribution < -0.4 is 5.73 Å². The van der Waals surface area contributed by atoms with E-state index in [1.807, 2.05) is 30.3 Å². The van der Waals surface area contributed by atoms with Crippen molar-refractivity contribution in [2.45, 2.75) is 0 Å². The predicted molar refractivity (Wildman–Crippen MR) is 71.1 cm³/mol. The first-order valence-corrected chi connectivity index (χ1v) is 5.99. The van der Waals surface area contributed by atoms with E-state index >= 15 is 0 Å². The first-order valence-electron chi connectivity index (χ1n) is 5.17. The highest BCUT2D eigenvalue weighted by molar-refractivity contribution is 7.22. The van der Waals surface area contributed by atoms with Crippen LogP contribution in [0.25, 0.3) is 20.7 Å². The minimum Gasteiger partial charge on any atom is -0.507 e. The highest BCUT2D eigenvalue weighted by Crippen LogP contribution is 2.36. The van der Waals surface area contributed by atoms with Gasteiger partial charge in [0.25, 0.3) is 0 Å². The Kier molecular flexibility index (Phi) is 2.23. The number of fused-ring (bicyclic) bond motifs is 1. The van der Waals surface area contributed by atoms with Gasteiger partial charge >= 0.3 is 0 Å². The lowest BCUT2D eigenvalue weighted by Crippen LogP contribution is -1.86. The summed E-state index contributed by atoms with van der Waals surface area (Å²) in [6.07, 6.45) is 1.64. The van der Waals surface area contributed by atoms with Crippen LogP contribution in [-0.2, 0) is 0 Å². The Morgan fingerprint density at radius 2 is 2.06 bits per heavy atom. The summed E-state index contributed by atoms with van der Waals surface area (Å²) in [5, 5.41) is 10.6. The molecule has 0 aliphatic rings. The Labute approximate surface area is 102 Å². The Hall–Kier alpha value is -2.07. The summed E-state index contributed by atoms with van der Waals surface area (Å²) in [5.41, 5.74) is 7.13. The molecule has 0 bridgehead atoms. The zero-order chi connectivity index (χ0) is 11.8. The molecule has 2 aromatic heterocycles. The molecule has 0 unspecified atom stereocenters. The van der Waals surface area contributed by atoms with Crippen LogP contribution in [0.3, 0.4) is 0 Å². The van der Waals surface area contributed by atoms with Crippen LogP contribution in [0.1, 0.15) is 0 Å². The van der Waals surface area contributed by atoms with Gasteiger partial charge in [0.15, 0.2) is 0 Å². The van der Waals surface area contributed by atoms with Crippen molar-refractivity contribution >= 4 is 27.1 Å². The molecule has 3 N–H and O–H groups in total. The number of phenols is 1. The van der Waals surface area contributed by atoms with Gasteiger partial charge in [-0.15, -0.1) is 11.3 Å². The molecule has 0 saturated heterocycles. The number of phenolic OH excluding ortho intramolecular Hbond substituents is 1. The fourth-order valence-electron chi connectivity index (χ4n) is 1.72. The lowest BCUT2D eigenvalue weighted by Gasteiger charge is -1.95. The number of hydrogen-bond donors (Lipinski definition) is 2. The van der Waals surface area contributed by atoms with Gasteiger partial charge < -0.3 is 10.8 Å². The van der Waals surface area contributed by atoms with E-state index in [1.54, 1.807) is 23.6 Å². The number of aromatic hydroxyl groups is 1. The van der Waals surface area contributed by atoms with Crippen molar-refractivity contribution in [3.63, 3.8) is 0 Å². The molecule has 84 valence electrons. The van der Waals surface area contributed by atoms with Gasteiger partial charge in [0.05, 0.1) is 22.5 Å². The molecule has 3 aromatic rings. The molecule has 3 nitrogen and oxygen atoms in total. The highest BCUT2D eigenvalue weighted by Gasteiger charge is 2.07. The maximum Gasteiger partial charge on any atom is 0.124 e. The summed E-state index contributed by atoms with van der Waals surface area (Å²) in [7, 11) is 0. The molecule has 1 aromatic carbocycles. The summed E-state index contributed by atoms with van der Waals surface area (Å²) in [4.78, 5) is 5.31. The molecular formula is C13H10N2OS. The first kappa shape index (κ1) is 10.1. The number of nitrogens with two attached hydrogens (primary N) is 1. The van der Waals surface area contributed by atoms with Crippen molar-refractivity contribution in [2.75, 3.05) is 5.73 Å². The highest BCUT2D eigenvalue weighted by atomic mass is 32.1. The summed E-state index contributed by atoms with van der Waals surface area (Å²) in [6, 6.07) is 11.2. The second-order valence-corrected chi connectivity index (χ2v) is 4.86. The van der Waals surface area contributed by atoms with Gasteiger partial charge in [0.2, 0.25) is 0 Å². The van der Waals surface area contributed by atoms with E-state index in [1.165, 1.54) is 0 Å². The fourth-order valence-corrected chi connectivity index (χ4v) is 2.78. The molecule has 0 radical (unpaired) electrons. The number of hydrogen-bond acceptors (Lipinski definition) is 4. The number of thiophene rings is 1. The first-order chi connectivity index (χ1) is 8.24. The molecule has 17 heavy (non-hydrogen) atoms. The molecule has 0 spiro atoms. The fraction of sp³-hybridized carbons (Fsp3) is 0. The normalized spacial score (nSPS) is 10.8. The third kappa shape index (κ3) is 1.72. The van der Waals surface area contributed by atoms with E-state index < -0.39 is 0 Å². The minimum absolute atomic E-state index is 0.306. The van der Waals surface area contributed by atoms with Gasteiger partial charge in [-0.1, -0.05) is 6.07 Å². The number of pyridine rings is 1. The van der Waals surface area contributed by atoms with E-state index in [-0.39, 0.29) is 0 Å². The lowest BCUT2D eigenvalue weighted by atomic mass is 10.2. The van der Waals surface area contributed by atoms with Crippen LogP contribution in [0.4, 0.5) is 5.69 Å². The molecule has 3 rings (SSSR count). The van der Waals surface area contributed by atoms with E-state index in [4.69, 9.17) is 5.73 Å². The Morgan fingerprint density at radius 1 is 1.18 bits per heavy atom. The van der Waals surface area contributed by atoms with E-state index in [0.29, 0.717) is 11.4 Å². The Balaban J connectivity index is 2.18. The van der Waals surface area contributed by atoms with Gasteiger partial charge in [0.1, 0.15) is 5.75 Å². The lowest BCUT2D eigenvalue weighted by molar-refractivity contribution is 0.482. The number of aromatic nitrogens is 1. The second-order valence-electron chi connectivity index (χ2n) is 3.78. The van der Waals surface area contributed by atoms with Crippen molar-refractivity contribution in [1.82, 2.24) is 4.98 Å². The quantitative estimate of drug-likeness (QED) is 0.688. The van der Waals surface area contributed by atoms with Crippen LogP contribution in [0.2, 0.25) is 0 Å². The molecule has 0 aliphatic heterocycles. The Bertz CT molecular complexity index is 673. The number of rotatable bonds is 1. The molecule has 0 amide bonds. The summed E-state index contributed by atoms with van der Waals surface area (Å²) in [6.45, 7) is 0. The van der Waals surface area contributed by atoms with Crippen LogP contribution in [-0.4, -0.2) is 10.1 Å². The van der Waals surface area contributed by atoms with E-state index in [2.05, 4.69) is 4.98 Å². The van der Waals surface area contributed by atoms with Gasteiger partial charge in [-0.05, 0) is 30.3 Å².